The van der Waals surface area contributed by atoms with Gasteiger partial charge in [-0.15, -0.1) is 0 Å². The smallest absolute Gasteiger partial charge is 0.155 e. The third kappa shape index (κ3) is 3.82. The molecule has 21 heavy (non-hydrogen) atoms. The van der Waals surface area contributed by atoms with Gasteiger partial charge in [-0.05, 0) is 38.1 Å². The Kier molecular flexibility index (Phi) is 4.54. The van der Waals surface area contributed by atoms with Gasteiger partial charge in [-0.1, -0.05) is 26.2 Å². The van der Waals surface area contributed by atoms with Crippen molar-refractivity contribution in [1.29, 1.82) is 0 Å². The van der Waals surface area contributed by atoms with E-state index in [1.165, 1.54) is 37.7 Å². The second-order valence-corrected chi connectivity index (χ2v) is 6.65. The van der Waals surface area contributed by atoms with E-state index in [0.717, 1.165) is 36.3 Å². The van der Waals surface area contributed by atoms with Crippen LogP contribution in [0.2, 0.25) is 0 Å². The van der Waals surface area contributed by atoms with Crippen molar-refractivity contribution >= 4 is 5.65 Å². The standard InChI is InChI=1S/C17H26N4/c1-13-4-3-5-15(8-13)6-7-18-10-16-11-19-17-9-14(2)20-21(17)12-16/h9,11-13,15,18H,3-8,10H2,1-2H3. The molecule has 2 atom stereocenters. The molecule has 2 unspecified atom stereocenters. The third-order valence-electron chi connectivity index (χ3n) is 4.59. The Balaban J connectivity index is 1.45. The van der Waals surface area contributed by atoms with E-state index in [-0.39, 0.29) is 0 Å². The van der Waals surface area contributed by atoms with Gasteiger partial charge in [-0.3, -0.25) is 0 Å². The summed E-state index contributed by atoms with van der Waals surface area (Å²) >= 11 is 0. The molecule has 4 nitrogen and oxygen atoms in total. The van der Waals surface area contributed by atoms with Gasteiger partial charge in [0.1, 0.15) is 0 Å². The minimum absolute atomic E-state index is 0.879. The molecule has 0 aliphatic heterocycles. The van der Waals surface area contributed by atoms with E-state index in [1.807, 2.05) is 23.7 Å². The summed E-state index contributed by atoms with van der Waals surface area (Å²) < 4.78 is 1.87. The highest BCUT2D eigenvalue weighted by Crippen LogP contribution is 2.30. The summed E-state index contributed by atoms with van der Waals surface area (Å²) in [6.45, 7) is 6.38. The Bertz CT molecular complexity index is 589. The highest BCUT2D eigenvalue weighted by Gasteiger charge is 2.18. The van der Waals surface area contributed by atoms with Crippen molar-refractivity contribution in [3.63, 3.8) is 0 Å². The molecule has 2 aromatic heterocycles. The van der Waals surface area contributed by atoms with Gasteiger partial charge in [-0.25, -0.2) is 9.50 Å². The number of aryl methyl sites for hydroxylation is 1. The monoisotopic (exact) mass is 286 g/mol. The van der Waals surface area contributed by atoms with E-state index in [1.54, 1.807) is 0 Å². The number of aromatic nitrogens is 3. The van der Waals surface area contributed by atoms with E-state index in [9.17, 15) is 0 Å². The number of nitrogens with zero attached hydrogens (tertiary/aromatic N) is 3. The highest BCUT2D eigenvalue weighted by molar-refractivity contribution is 5.38. The molecule has 0 bridgehead atoms. The van der Waals surface area contributed by atoms with E-state index >= 15 is 0 Å². The first-order valence-corrected chi connectivity index (χ1v) is 8.22. The topological polar surface area (TPSA) is 42.2 Å². The molecule has 0 saturated heterocycles. The predicted octanol–water partition coefficient (Wildman–Crippen LogP) is 3.34. The van der Waals surface area contributed by atoms with Crippen LogP contribution in [0, 0.1) is 18.8 Å². The normalized spacial score (nSPS) is 22.8. The Hall–Kier alpha value is -1.42. The van der Waals surface area contributed by atoms with Crippen LogP contribution in [0.4, 0.5) is 0 Å². The van der Waals surface area contributed by atoms with Crippen molar-refractivity contribution in [2.75, 3.05) is 6.54 Å². The maximum Gasteiger partial charge on any atom is 0.155 e. The maximum absolute atomic E-state index is 4.44. The van der Waals surface area contributed by atoms with Gasteiger partial charge >= 0.3 is 0 Å². The van der Waals surface area contributed by atoms with Crippen molar-refractivity contribution in [3.8, 4) is 0 Å². The molecule has 1 fully saturated rings. The molecule has 0 aromatic carbocycles. The molecule has 1 aliphatic carbocycles. The lowest BCUT2D eigenvalue weighted by Gasteiger charge is -2.26. The first kappa shape index (κ1) is 14.5. The molecule has 0 amide bonds. The molecule has 1 N–H and O–H groups in total. The van der Waals surface area contributed by atoms with Crippen molar-refractivity contribution in [2.45, 2.75) is 52.5 Å². The lowest BCUT2D eigenvalue weighted by molar-refractivity contribution is 0.267. The largest absolute Gasteiger partial charge is 0.313 e. The summed E-state index contributed by atoms with van der Waals surface area (Å²) in [7, 11) is 0. The van der Waals surface area contributed by atoms with Gasteiger partial charge in [0, 0.05) is 30.6 Å². The molecule has 1 aliphatic rings. The minimum Gasteiger partial charge on any atom is -0.313 e. The minimum atomic E-state index is 0.879. The fraction of sp³-hybridized carbons (Fsp3) is 0.647. The summed E-state index contributed by atoms with van der Waals surface area (Å²) in [4.78, 5) is 4.44. The van der Waals surface area contributed by atoms with E-state index < -0.39 is 0 Å². The molecule has 0 spiro atoms. The summed E-state index contributed by atoms with van der Waals surface area (Å²) in [5.74, 6) is 1.86. The zero-order chi connectivity index (χ0) is 14.7. The summed E-state index contributed by atoms with van der Waals surface area (Å²) in [5, 5.41) is 7.96. The van der Waals surface area contributed by atoms with Crippen molar-refractivity contribution in [2.24, 2.45) is 11.8 Å². The first-order chi connectivity index (χ1) is 10.2. The molecular formula is C17H26N4. The zero-order valence-electron chi connectivity index (χ0n) is 13.2. The van der Waals surface area contributed by atoms with Crippen LogP contribution >= 0.6 is 0 Å². The van der Waals surface area contributed by atoms with Crippen molar-refractivity contribution in [1.82, 2.24) is 19.9 Å². The molecule has 1 saturated carbocycles. The Morgan fingerprint density at radius 2 is 2.29 bits per heavy atom. The van der Waals surface area contributed by atoms with Gasteiger partial charge in [0.05, 0.1) is 5.69 Å². The Morgan fingerprint density at radius 3 is 3.14 bits per heavy atom. The van der Waals surface area contributed by atoms with E-state index in [4.69, 9.17) is 0 Å². The molecule has 2 aromatic rings. The SMILES string of the molecule is Cc1cc2ncc(CNCCC3CCCC(C)C3)cn2n1. The van der Waals surface area contributed by atoms with E-state index in [2.05, 4.69) is 28.5 Å². The van der Waals surface area contributed by atoms with Crippen LogP contribution in [0.3, 0.4) is 0 Å². The van der Waals surface area contributed by atoms with Crippen LogP contribution in [0.5, 0.6) is 0 Å². The predicted molar refractivity (Wildman–Crippen MR) is 85.2 cm³/mol. The average molecular weight is 286 g/mol. The number of hydrogen-bond acceptors (Lipinski definition) is 3. The average Bonchev–Trinajstić information content (AvgIpc) is 2.83. The van der Waals surface area contributed by atoms with Crippen LogP contribution in [-0.2, 0) is 6.54 Å². The highest BCUT2D eigenvalue weighted by atomic mass is 15.2. The number of rotatable bonds is 5. The molecule has 0 radical (unpaired) electrons. The lowest BCUT2D eigenvalue weighted by atomic mass is 9.81. The van der Waals surface area contributed by atoms with Crippen LogP contribution < -0.4 is 5.32 Å². The Morgan fingerprint density at radius 1 is 1.38 bits per heavy atom. The molecule has 4 heteroatoms. The second kappa shape index (κ2) is 6.56. The van der Waals surface area contributed by atoms with Crippen molar-refractivity contribution < 1.29 is 0 Å². The summed E-state index contributed by atoms with van der Waals surface area (Å²) in [6, 6.07) is 2.00. The van der Waals surface area contributed by atoms with E-state index in [0.29, 0.717) is 0 Å². The molecule has 114 valence electrons. The van der Waals surface area contributed by atoms with Crippen molar-refractivity contribution in [3.05, 3.63) is 29.7 Å². The molecule has 2 heterocycles. The molecular weight excluding hydrogens is 260 g/mol. The van der Waals surface area contributed by atoms with Crippen LogP contribution in [0.25, 0.3) is 5.65 Å². The molecule has 3 rings (SSSR count). The van der Waals surface area contributed by atoms with Gasteiger partial charge in [0.15, 0.2) is 5.65 Å². The number of nitrogens with one attached hydrogen (secondary N) is 1. The van der Waals surface area contributed by atoms with Gasteiger partial charge in [0.2, 0.25) is 0 Å². The van der Waals surface area contributed by atoms with Crippen LogP contribution in [0.1, 0.15) is 50.3 Å². The van der Waals surface area contributed by atoms with Crippen LogP contribution in [0.15, 0.2) is 18.5 Å². The summed E-state index contributed by atoms with van der Waals surface area (Å²) in [5.41, 5.74) is 3.13. The van der Waals surface area contributed by atoms with Gasteiger partial charge in [-0.2, -0.15) is 5.10 Å². The zero-order valence-corrected chi connectivity index (χ0v) is 13.2. The number of fused-ring (bicyclic) bond motifs is 1. The Labute approximate surface area is 127 Å². The van der Waals surface area contributed by atoms with Gasteiger partial charge < -0.3 is 5.32 Å². The first-order valence-electron chi connectivity index (χ1n) is 8.22. The van der Waals surface area contributed by atoms with Gasteiger partial charge in [0.25, 0.3) is 0 Å². The fourth-order valence-corrected chi connectivity index (χ4v) is 3.49. The number of hydrogen-bond donors (Lipinski definition) is 1. The third-order valence-corrected chi connectivity index (χ3v) is 4.59. The second-order valence-electron chi connectivity index (χ2n) is 6.65. The quantitative estimate of drug-likeness (QED) is 0.857. The summed E-state index contributed by atoms with van der Waals surface area (Å²) in [6.07, 6.45) is 11.0. The fourth-order valence-electron chi connectivity index (χ4n) is 3.49. The van der Waals surface area contributed by atoms with Crippen LogP contribution in [-0.4, -0.2) is 21.1 Å². The lowest BCUT2D eigenvalue weighted by Crippen LogP contribution is -2.21. The maximum atomic E-state index is 4.44.